The molecular formula is C13H17N5. The summed E-state index contributed by atoms with van der Waals surface area (Å²) in [6.07, 6.45) is 0. The van der Waals surface area contributed by atoms with Gasteiger partial charge in [0, 0.05) is 0 Å². The number of nitriles is 1. The zero-order valence-electron chi connectivity index (χ0n) is 10.8. The fourth-order valence-corrected chi connectivity index (χ4v) is 1.38. The summed E-state index contributed by atoms with van der Waals surface area (Å²) in [7, 11) is 0. The molecule has 4 N–H and O–H groups in total. The van der Waals surface area contributed by atoms with Crippen LogP contribution in [0.3, 0.4) is 0 Å². The normalized spacial score (nSPS) is 11.2. The van der Waals surface area contributed by atoms with Gasteiger partial charge in [-0.05, 0) is 30.0 Å². The Morgan fingerprint density at radius 1 is 1.50 bits per heavy atom. The molecule has 1 aromatic carbocycles. The van der Waals surface area contributed by atoms with Crippen LogP contribution in [0.5, 0.6) is 0 Å². The third kappa shape index (κ3) is 3.32. The zero-order chi connectivity index (χ0) is 13.7. The van der Waals surface area contributed by atoms with Crippen LogP contribution in [0.2, 0.25) is 0 Å². The van der Waals surface area contributed by atoms with Gasteiger partial charge in [0.2, 0.25) is 5.71 Å². The van der Waals surface area contributed by atoms with E-state index in [4.69, 9.17) is 16.4 Å². The van der Waals surface area contributed by atoms with Crippen LogP contribution in [0.25, 0.3) is 0 Å². The standard InChI is InChI=1S/C13H17N5/c1-8(2)10-5-4-9(3)11(6-10)17-18-12(7-14)13(15)16/h4-6,8,17H,1-3H3,(H3,15,16)/b18-12+. The number of anilines is 1. The van der Waals surface area contributed by atoms with Crippen LogP contribution in [0.4, 0.5) is 5.69 Å². The first-order chi connectivity index (χ1) is 8.45. The molecule has 0 unspecified atom stereocenters. The van der Waals surface area contributed by atoms with Crippen molar-refractivity contribution < 1.29 is 0 Å². The third-order valence-electron chi connectivity index (χ3n) is 2.58. The van der Waals surface area contributed by atoms with Gasteiger partial charge in [-0.15, -0.1) is 0 Å². The van der Waals surface area contributed by atoms with Crippen LogP contribution in [-0.4, -0.2) is 11.5 Å². The maximum Gasteiger partial charge on any atom is 0.201 e. The minimum Gasteiger partial charge on any atom is -0.382 e. The van der Waals surface area contributed by atoms with E-state index in [0.717, 1.165) is 11.3 Å². The van der Waals surface area contributed by atoms with E-state index in [0.29, 0.717) is 5.92 Å². The van der Waals surface area contributed by atoms with Crippen molar-refractivity contribution in [1.29, 1.82) is 10.7 Å². The summed E-state index contributed by atoms with van der Waals surface area (Å²) >= 11 is 0. The van der Waals surface area contributed by atoms with Crippen molar-refractivity contribution >= 4 is 17.2 Å². The van der Waals surface area contributed by atoms with Gasteiger partial charge >= 0.3 is 0 Å². The zero-order valence-corrected chi connectivity index (χ0v) is 10.8. The lowest BCUT2D eigenvalue weighted by molar-refractivity contribution is 0.866. The summed E-state index contributed by atoms with van der Waals surface area (Å²) in [5.41, 5.74) is 10.9. The highest BCUT2D eigenvalue weighted by Gasteiger charge is 2.05. The first-order valence-corrected chi connectivity index (χ1v) is 5.64. The summed E-state index contributed by atoms with van der Waals surface area (Å²) in [6.45, 7) is 6.16. The number of benzene rings is 1. The Hall–Kier alpha value is -2.35. The molecule has 0 atom stereocenters. The highest BCUT2D eigenvalue weighted by atomic mass is 15.3. The number of hydrogen-bond acceptors (Lipinski definition) is 4. The number of nitrogens with one attached hydrogen (secondary N) is 2. The lowest BCUT2D eigenvalue weighted by Gasteiger charge is -2.10. The molecule has 18 heavy (non-hydrogen) atoms. The van der Waals surface area contributed by atoms with Crippen molar-refractivity contribution in [3.8, 4) is 6.07 Å². The molecule has 1 aromatic rings. The molecule has 0 bridgehead atoms. The summed E-state index contributed by atoms with van der Waals surface area (Å²) in [4.78, 5) is 0. The Bertz CT molecular complexity index is 523. The first kappa shape index (κ1) is 13.7. The molecule has 0 radical (unpaired) electrons. The molecule has 5 heteroatoms. The highest BCUT2D eigenvalue weighted by Crippen LogP contribution is 2.22. The van der Waals surface area contributed by atoms with Gasteiger partial charge in [-0.25, -0.2) is 0 Å². The SMILES string of the molecule is Cc1ccc(C(C)C)cc1N/N=C(\C#N)C(=N)N. The van der Waals surface area contributed by atoms with Crippen LogP contribution in [0, 0.1) is 23.7 Å². The molecule has 0 amide bonds. The molecule has 0 aliphatic heterocycles. The van der Waals surface area contributed by atoms with Crippen molar-refractivity contribution in [2.24, 2.45) is 10.8 Å². The van der Waals surface area contributed by atoms with Crippen LogP contribution < -0.4 is 11.2 Å². The van der Waals surface area contributed by atoms with Gasteiger partial charge in [-0.1, -0.05) is 26.0 Å². The number of aryl methyl sites for hydroxylation is 1. The molecule has 0 aromatic heterocycles. The topological polar surface area (TPSA) is 98.0 Å². The van der Waals surface area contributed by atoms with Crippen LogP contribution in [0.1, 0.15) is 30.9 Å². The minimum absolute atomic E-state index is 0.121. The maximum absolute atomic E-state index is 8.74. The van der Waals surface area contributed by atoms with Gasteiger partial charge in [-0.2, -0.15) is 10.4 Å². The van der Waals surface area contributed by atoms with Crippen LogP contribution in [0.15, 0.2) is 23.3 Å². The number of hydrazone groups is 1. The largest absolute Gasteiger partial charge is 0.382 e. The fraction of sp³-hybridized carbons (Fsp3) is 0.308. The second-order valence-corrected chi connectivity index (χ2v) is 4.33. The molecule has 94 valence electrons. The van der Waals surface area contributed by atoms with Gasteiger partial charge in [0.05, 0.1) is 5.69 Å². The van der Waals surface area contributed by atoms with E-state index in [2.05, 4.69) is 30.4 Å². The summed E-state index contributed by atoms with van der Waals surface area (Å²) in [6, 6.07) is 7.80. The van der Waals surface area contributed by atoms with E-state index in [1.165, 1.54) is 5.56 Å². The highest BCUT2D eigenvalue weighted by molar-refractivity contribution is 6.45. The maximum atomic E-state index is 8.74. The van der Waals surface area contributed by atoms with Crippen molar-refractivity contribution in [3.63, 3.8) is 0 Å². The van der Waals surface area contributed by atoms with Crippen LogP contribution >= 0.6 is 0 Å². The smallest absolute Gasteiger partial charge is 0.201 e. The predicted molar refractivity (Wildman–Crippen MR) is 73.9 cm³/mol. The average molecular weight is 243 g/mol. The molecule has 0 aliphatic rings. The van der Waals surface area contributed by atoms with Gasteiger partial charge in [0.15, 0.2) is 5.84 Å². The molecule has 0 spiro atoms. The van der Waals surface area contributed by atoms with Gasteiger partial charge < -0.3 is 5.73 Å². The molecule has 0 saturated carbocycles. The Morgan fingerprint density at radius 2 is 2.17 bits per heavy atom. The minimum atomic E-state index is -0.345. The lowest BCUT2D eigenvalue weighted by Crippen LogP contribution is -2.22. The molecule has 0 aliphatic carbocycles. The van der Waals surface area contributed by atoms with Crippen molar-refractivity contribution in [2.75, 3.05) is 5.43 Å². The summed E-state index contributed by atoms with van der Waals surface area (Å²) < 4.78 is 0. The Kier molecular flexibility index (Phi) is 4.44. The predicted octanol–water partition coefficient (Wildman–Crippen LogP) is 2.35. The van der Waals surface area contributed by atoms with E-state index in [1.54, 1.807) is 6.07 Å². The number of nitrogens with zero attached hydrogens (tertiary/aromatic N) is 2. The molecule has 0 heterocycles. The number of rotatable bonds is 4. The lowest BCUT2D eigenvalue weighted by atomic mass is 10.0. The number of amidine groups is 1. The molecule has 1 rings (SSSR count). The van der Waals surface area contributed by atoms with Gasteiger partial charge in [0.1, 0.15) is 6.07 Å². The Balaban J connectivity index is 3.01. The van der Waals surface area contributed by atoms with E-state index in [9.17, 15) is 0 Å². The number of nitrogens with two attached hydrogens (primary N) is 1. The summed E-state index contributed by atoms with van der Waals surface area (Å²) in [5.74, 6) is 0.0704. The van der Waals surface area contributed by atoms with E-state index < -0.39 is 0 Å². The second-order valence-electron chi connectivity index (χ2n) is 4.33. The van der Waals surface area contributed by atoms with E-state index in [-0.39, 0.29) is 11.5 Å². The Labute approximate surface area is 107 Å². The fourth-order valence-electron chi connectivity index (χ4n) is 1.38. The van der Waals surface area contributed by atoms with Crippen molar-refractivity contribution in [2.45, 2.75) is 26.7 Å². The van der Waals surface area contributed by atoms with Gasteiger partial charge in [0.25, 0.3) is 0 Å². The third-order valence-corrected chi connectivity index (χ3v) is 2.58. The van der Waals surface area contributed by atoms with Crippen molar-refractivity contribution in [1.82, 2.24) is 0 Å². The monoisotopic (exact) mass is 243 g/mol. The summed E-state index contributed by atoms with van der Waals surface area (Å²) in [5, 5.41) is 19.7. The van der Waals surface area contributed by atoms with Gasteiger partial charge in [-0.3, -0.25) is 10.8 Å². The Morgan fingerprint density at radius 3 is 2.67 bits per heavy atom. The first-order valence-electron chi connectivity index (χ1n) is 5.64. The quantitative estimate of drug-likeness (QED) is 0.430. The average Bonchev–Trinajstić information content (AvgIpc) is 2.31. The van der Waals surface area contributed by atoms with Crippen molar-refractivity contribution in [3.05, 3.63) is 29.3 Å². The molecular weight excluding hydrogens is 226 g/mol. The molecule has 0 fully saturated rings. The number of hydrogen-bond donors (Lipinski definition) is 3. The molecule has 0 saturated heterocycles. The van der Waals surface area contributed by atoms with E-state index in [1.807, 2.05) is 19.1 Å². The van der Waals surface area contributed by atoms with Crippen LogP contribution in [-0.2, 0) is 0 Å². The van der Waals surface area contributed by atoms with E-state index >= 15 is 0 Å². The molecule has 5 nitrogen and oxygen atoms in total. The second kappa shape index (κ2) is 5.82.